The number of hydrogen-bond acceptors (Lipinski definition) is 2. The van der Waals surface area contributed by atoms with Crippen molar-refractivity contribution >= 4 is 45.7 Å². The second-order valence-corrected chi connectivity index (χ2v) is 4.86. The zero-order valence-corrected chi connectivity index (χ0v) is 11.4. The topological polar surface area (TPSA) is 55.1 Å². The van der Waals surface area contributed by atoms with Crippen LogP contribution in [0.4, 0.5) is 4.39 Å². The average molecular weight is 352 g/mol. The Bertz CT molecular complexity index is 439. The number of hydrogen-bond donors (Lipinski definition) is 2. The van der Waals surface area contributed by atoms with Gasteiger partial charge in [-0.15, -0.1) is 0 Å². The van der Waals surface area contributed by atoms with Crippen LogP contribution in [-0.4, -0.2) is 16.9 Å². The van der Waals surface area contributed by atoms with Crippen LogP contribution in [0.15, 0.2) is 18.2 Å². The fourth-order valence-electron chi connectivity index (χ4n) is 1.02. The van der Waals surface area contributed by atoms with Crippen molar-refractivity contribution in [1.82, 2.24) is 5.32 Å². The average Bonchev–Trinajstić information content (AvgIpc) is 2.16. The summed E-state index contributed by atoms with van der Waals surface area (Å²) in [7, 11) is 0. The Morgan fingerprint density at radius 3 is 2.75 bits per heavy atom. The van der Waals surface area contributed by atoms with E-state index in [4.69, 9.17) is 18.0 Å². The number of nitrogens with one attached hydrogen (secondary N) is 1. The summed E-state index contributed by atoms with van der Waals surface area (Å²) < 4.78 is 13.4. The highest BCUT2D eigenvalue weighted by atomic mass is 127. The van der Waals surface area contributed by atoms with E-state index in [9.17, 15) is 9.18 Å². The highest BCUT2D eigenvalue weighted by molar-refractivity contribution is 14.1. The van der Waals surface area contributed by atoms with Crippen molar-refractivity contribution in [2.45, 2.75) is 13.0 Å². The summed E-state index contributed by atoms with van der Waals surface area (Å²) in [6.45, 7) is 1.69. The van der Waals surface area contributed by atoms with E-state index in [1.54, 1.807) is 6.92 Å². The fraction of sp³-hybridized carbons (Fsp3) is 0.200. The molecule has 1 amide bonds. The number of benzene rings is 1. The summed E-state index contributed by atoms with van der Waals surface area (Å²) in [6, 6.07) is 3.57. The van der Waals surface area contributed by atoms with Crippen molar-refractivity contribution < 1.29 is 9.18 Å². The van der Waals surface area contributed by atoms with Gasteiger partial charge in [-0.2, -0.15) is 0 Å². The van der Waals surface area contributed by atoms with E-state index in [0.717, 1.165) is 0 Å². The van der Waals surface area contributed by atoms with Gasteiger partial charge in [-0.1, -0.05) is 12.2 Å². The Labute approximate surface area is 112 Å². The van der Waals surface area contributed by atoms with Crippen LogP contribution in [0.25, 0.3) is 0 Å². The van der Waals surface area contributed by atoms with E-state index in [0.29, 0.717) is 9.13 Å². The van der Waals surface area contributed by atoms with E-state index in [2.05, 4.69) is 5.32 Å². The Morgan fingerprint density at radius 2 is 2.25 bits per heavy atom. The standard InChI is InChI=1S/C10H10FIN2OS/c1-5(9(13)16)14-10(15)7-3-2-6(11)4-8(7)12/h2-5H,1H3,(H2,13,16)(H,14,15). The monoisotopic (exact) mass is 352 g/mol. The van der Waals surface area contributed by atoms with Crippen LogP contribution in [0.2, 0.25) is 0 Å². The SMILES string of the molecule is CC(NC(=O)c1ccc(F)cc1I)C(N)=S. The van der Waals surface area contributed by atoms with Gasteiger partial charge in [0.1, 0.15) is 5.82 Å². The van der Waals surface area contributed by atoms with Gasteiger partial charge in [-0.3, -0.25) is 4.79 Å². The predicted octanol–water partition coefficient (Wildman–Crippen LogP) is 1.83. The molecule has 16 heavy (non-hydrogen) atoms. The molecule has 1 aromatic rings. The number of thiocarbonyl (C=S) groups is 1. The minimum atomic E-state index is -0.386. The Hall–Kier alpha value is -0.760. The van der Waals surface area contributed by atoms with Crippen LogP contribution >= 0.6 is 34.8 Å². The predicted molar refractivity (Wildman–Crippen MR) is 72.8 cm³/mol. The molecule has 1 aromatic carbocycles. The molecule has 0 aliphatic carbocycles. The molecule has 0 aromatic heterocycles. The third kappa shape index (κ3) is 3.38. The van der Waals surface area contributed by atoms with Crippen LogP contribution in [0.5, 0.6) is 0 Å². The molecule has 0 radical (unpaired) electrons. The van der Waals surface area contributed by atoms with Gasteiger partial charge in [-0.25, -0.2) is 4.39 Å². The molecular formula is C10H10FIN2OS. The Balaban J connectivity index is 2.85. The summed E-state index contributed by atoms with van der Waals surface area (Å²) >= 11 is 6.64. The lowest BCUT2D eigenvalue weighted by Gasteiger charge is -2.12. The van der Waals surface area contributed by atoms with E-state index in [1.165, 1.54) is 18.2 Å². The number of amides is 1. The molecule has 0 saturated carbocycles. The molecule has 1 rings (SSSR count). The molecular weight excluding hydrogens is 342 g/mol. The zero-order chi connectivity index (χ0) is 12.3. The van der Waals surface area contributed by atoms with Gasteiger partial charge >= 0.3 is 0 Å². The van der Waals surface area contributed by atoms with Crippen molar-refractivity contribution in [3.8, 4) is 0 Å². The van der Waals surface area contributed by atoms with Crippen molar-refractivity contribution in [1.29, 1.82) is 0 Å². The van der Waals surface area contributed by atoms with Crippen LogP contribution < -0.4 is 11.1 Å². The first-order chi connectivity index (χ1) is 7.41. The number of halogens is 2. The molecule has 0 spiro atoms. The molecule has 0 heterocycles. The minimum Gasteiger partial charge on any atom is -0.392 e. The Morgan fingerprint density at radius 1 is 1.62 bits per heavy atom. The summed E-state index contributed by atoms with van der Waals surface area (Å²) in [6.07, 6.45) is 0. The van der Waals surface area contributed by atoms with Crippen molar-refractivity contribution in [3.63, 3.8) is 0 Å². The molecule has 0 fully saturated rings. The highest BCUT2D eigenvalue weighted by Crippen LogP contribution is 2.13. The molecule has 3 nitrogen and oxygen atoms in total. The maximum Gasteiger partial charge on any atom is 0.252 e. The largest absolute Gasteiger partial charge is 0.392 e. The number of nitrogens with two attached hydrogens (primary N) is 1. The molecule has 0 aliphatic heterocycles. The first kappa shape index (κ1) is 13.3. The lowest BCUT2D eigenvalue weighted by atomic mass is 10.2. The van der Waals surface area contributed by atoms with Gasteiger partial charge in [0.15, 0.2) is 0 Å². The highest BCUT2D eigenvalue weighted by Gasteiger charge is 2.14. The first-order valence-corrected chi connectivity index (χ1v) is 5.95. The minimum absolute atomic E-state index is 0.213. The summed E-state index contributed by atoms with van der Waals surface area (Å²) in [4.78, 5) is 12.0. The van der Waals surface area contributed by atoms with Crippen LogP contribution in [0, 0.1) is 9.39 Å². The van der Waals surface area contributed by atoms with E-state index < -0.39 is 0 Å². The number of rotatable bonds is 3. The third-order valence-corrected chi connectivity index (χ3v) is 3.20. The second kappa shape index (κ2) is 5.53. The molecule has 1 atom stereocenters. The van der Waals surface area contributed by atoms with Crippen LogP contribution in [0.3, 0.4) is 0 Å². The fourth-order valence-corrected chi connectivity index (χ4v) is 1.80. The lowest BCUT2D eigenvalue weighted by molar-refractivity contribution is 0.0948. The summed E-state index contributed by atoms with van der Waals surface area (Å²) in [5.74, 6) is -0.687. The quantitative estimate of drug-likeness (QED) is 0.645. The van der Waals surface area contributed by atoms with E-state index >= 15 is 0 Å². The smallest absolute Gasteiger partial charge is 0.252 e. The molecule has 0 bridgehead atoms. The molecule has 0 aliphatic rings. The van der Waals surface area contributed by atoms with Crippen molar-refractivity contribution in [2.24, 2.45) is 5.73 Å². The number of carbonyl (C=O) groups is 1. The van der Waals surface area contributed by atoms with Crippen molar-refractivity contribution in [3.05, 3.63) is 33.1 Å². The Kier molecular flexibility index (Phi) is 4.60. The molecule has 3 N–H and O–H groups in total. The first-order valence-electron chi connectivity index (χ1n) is 4.47. The molecule has 6 heteroatoms. The third-order valence-electron chi connectivity index (χ3n) is 1.95. The zero-order valence-electron chi connectivity index (χ0n) is 8.46. The summed E-state index contributed by atoms with van der Waals surface area (Å²) in [5.41, 5.74) is 5.79. The van der Waals surface area contributed by atoms with Gasteiger partial charge in [0.2, 0.25) is 0 Å². The second-order valence-electron chi connectivity index (χ2n) is 3.22. The normalized spacial score (nSPS) is 11.9. The van der Waals surface area contributed by atoms with Crippen molar-refractivity contribution in [2.75, 3.05) is 0 Å². The maximum atomic E-state index is 12.8. The van der Waals surface area contributed by atoms with Crippen LogP contribution in [0.1, 0.15) is 17.3 Å². The van der Waals surface area contributed by atoms with Gasteiger partial charge < -0.3 is 11.1 Å². The number of carbonyl (C=O) groups excluding carboxylic acids is 1. The lowest BCUT2D eigenvalue weighted by Crippen LogP contribution is -2.41. The molecule has 1 unspecified atom stereocenters. The van der Waals surface area contributed by atoms with Gasteiger partial charge in [0, 0.05) is 3.57 Å². The van der Waals surface area contributed by atoms with Gasteiger partial charge in [0.05, 0.1) is 16.6 Å². The molecule has 0 saturated heterocycles. The van der Waals surface area contributed by atoms with E-state index in [1.807, 2.05) is 22.6 Å². The van der Waals surface area contributed by atoms with Gasteiger partial charge in [0.25, 0.3) is 5.91 Å². The maximum absolute atomic E-state index is 12.8. The van der Waals surface area contributed by atoms with Crippen LogP contribution in [-0.2, 0) is 0 Å². The van der Waals surface area contributed by atoms with E-state index in [-0.39, 0.29) is 22.8 Å². The summed E-state index contributed by atoms with van der Waals surface area (Å²) in [5, 5.41) is 2.62. The van der Waals surface area contributed by atoms with Gasteiger partial charge in [-0.05, 0) is 47.7 Å². The molecule has 86 valence electrons.